The maximum Gasteiger partial charge on any atom is 0.122 e. The highest BCUT2D eigenvalue weighted by molar-refractivity contribution is 7.99. The fourth-order valence-corrected chi connectivity index (χ4v) is 3.96. The minimum absolute atomic E-state index is 0.684. The largest absolute Gasteiger partial charge is 0.331 e. The van der Waals surface area contributed by atoms with Crippen molar-refractivity contribution in [3.05, 3.63) is 17.7 Å². The highest BCUT2D eigenvalue weighted by atomic mass is 32.2. The second-order valence-corrected chi connectivity index (χ2v) is 6.17. The van der Waals surface area contributed by atoms with Gasteiger partial charge in [0.05, 0.1) is 5.25 Å². The van der Waals surface area contributed by atoms with Gasteiger partial charge in [0.15, 0.2) is 0 Å². The van der Waals surface area contributed by atoms with Crippen LogP contribution in [-0.4, -0.2) is 15.3 Å². The van der Waals surface area contributed by atoms with Crippen molar-refractivity contribution in [2.24, 2.45) is 5.92 Å². The molecular formula is C12H18N2S. The second kappa shape index (κ2) is 3.85. The summed E-state index contributed by atoms with van der Waals surface area (Å²) in [6.07, 6.45) is 7.37. The Balaban J connectivity index is 1.92. The van der Waals surface area contributed by atoms with E-state index in [1.807, 2.05) is 0 Å². The van der Waals surface area contributed by atoms with Crippen LogP contribution in [0.2, 0.25) is 0 Å². The van der Waals surface area contributed by atoms with Crippen LogP contribution in [0.25, 0.3) is 0 Å². The fraction of sp³-hybridized carbons (Fsp3) is 0.750. The maximum atomic E-state index is 4.66. The predicted molar refractivity (Wildman–Crippen MR) is 64.1 cm³/mol. The molecule has 0 N–H and O–H groups in total. The van der Waals surface area contributed by atoms with E-state index < -0.39 is 0 Å². The molecule has 1 saturated heterocycles. The minimum Gasteiger partial charge on any atom is -0.331 e. The van der Waals surface area contributed by atoms with Crippen LogP contribution in [0.15, 0.2) is 6.20 Å². The van der Waals surface area contributed by atoms with Crippen LogP contribution in [0, 0.1) is 5.92 Å². The van der Waals surface area contributed by atoms with E-state index in [0.29, 0.717) is 5.25 Å². The molecule has 3 heterocycles. The number of rotatable bonds is 1. The Labute approximate surface area is 95.5 Å². The lowest BCUT2D eigenvalue weighted by atomic mass is 10.0. The first-order valence-corrected chi connectivity index (χ1v) is 7.05. The van der Waals surface area contributed by atoms with E-state index in [-0.39, 0.29) is 0 Å². The molecule has 2 aliphatic heterocycles. The van der Waals surface area contributed by atoms with Crippen LogP contribution in [0.3, 0.4) is 0 Å². The van der Waals surface area contributed by atoms with Crippen LogP contribution in [0.5, 0.6) is 0 Å². The quantitative estimate of drug-likeness (QED) is 0.727. The van der Waals surface area contributed by atoms with Gasteiger partial charge in [0.2, 0.25) is 0 Å². The van der Waals surface area contributed by atoms with Gasteiger partial charge in [-0.15, -0.1) is 0 Å². The molecule has 2 unspecified atom stereocenters. The lowest BCUT2D eigenvalue weighted by molar-refractivity contribution is 0.389. The monoisotopic (exact) mass is 222 g/mol. The van der Waals surface area contributed by atoms with Crippen LogP contribution in [0.1, 0.15) is 43.0 Å². The molecule has 0 aliphatic carbocycles. The van der Waals surface area contributed by atoms with Gasteiger partial charge >= 0.3 is 0 Å². The molecule has 2 atom stereocenters. The Bertz CT molecular complexity index is 353. The number of imidazole rings is 1. The Morgan fingerprint density at radius 2 is 2.40 bits per heavy atom. The van der Waals surface area contributed by atoms with E-state index >= 15 is 0 Å². The highest BCUT2D eigenvalue weighted by Crippen LogP contribution is 2.40. The van der Waals surface area contributed by atoms with Gasteiger partial charge in [-0.3, -0.25) is 0 Å². The molecule has 2 nitrogen and oxygen atoms in total. The summed E-state index contributed by atoms with van der Waals surface area (Å²) in [6, 6.07) is 0. The van der Waals surface area contributed by atoms with E-state index in [0.717, 1.165) is 5.92 Å². The Kier molecular flexibility index (Phi) is 2.51. The molecule has 0 radical (unpaired) electrons. The van der Waals surface area contributed by atoms with E-state index in [1.165, 1.54) is 49.5 Å². The third-order valence-electron chi connectivity index (χ3n) is 3.57. The average molecular weight is 222 g/mol. The van der Waals surface area contributed by atoms with Crippen molar-refractivity contribution in [3.63, 3.8) is 0 Å². The zero-order valence-electron chi connectivity index (χ0n) is 9.28. The van der Waals surface area contributed by atoms with Gasteiger partial charge in [0.25, 0.3) is 0 Å². The minimum atomic E-state index is 0.684. The van der Waals surface area contributed by atoms with E-state index in [1.54, 1.807) is 0 Å². The summed E-state index contributed by atoms with van der Waals surface area (Å²) in [5.41, 5.74) is 1.47. The predicted octanol–water partition coefficient (Wildman–Crippen LogP) is 3.03. The molecule has 3 heteroatoms. The third kappa shape index (κ3) is 1.71. The first kappa shape index (κ1) is 9.76. The van der Waals surface area contributed by atoms with Gasteiger partial charge in [-0.25, -0.2) is 4.98 Å². The smallest absolute Gasteiger partial charge is 0.122 e. The topological polar surface area (TPSA) is 17.8 Å². The molecule has 1 fully saturated rings. The second-order valence-electron chi connectivity index (χ2n) is 4.86. The van der Waals surface area contributed by atoms with E-state index in [2.05, 4.69) is 34.4 Å². The highest BCUT2D eigenvalue weighted by Gasteiger charge is 2.26. The number of fused-ring (bicyclic) bond motifs is 1. The zero-order valence-corrected chi connectivity index (χ0v) is 10.1. The summed E-state index contributed by atoms with van der Waals surface area (Å²) >= 11 is 2.09. The van der Waals surface area contributed by atoms with Crippen molar-refractivity contribution in [2.75, 3.05) is 5.75 Å². The molecule has 2 aliphatic rings. The van der Waals surface area contributed by atoms with Crippen LogP contribution < -0.4 is 0 Å². The summed E-state index contributed by atoms with van der Waals surface area (Å²) in [7, 11) is 0. The number of thioether (sulfide) groups is 1. The Hall–Kier alpha value is -0.440. The molecule has 0 bridgehead atoms. The van der Waals surface area contributed by atoms with Crippen molar-refractivity contribution in [3.8, 4) is 0 Å². The molecule has 1 aromatic rings. The van der Waals surface area contributed by atoms with Crippen LogP contribution >= 0.6 is 11.8 Å². The zero-order chi connectivity index (χ0) is 10.3. The number of aromatic nitrogens is 2. The van der Waals surface area contributed by atoms with Gasteiger partial charge in [-0.05, 0) is 37.4 Å². The molecular weight excluding hydrogens is 204 g/mol. The molecule has 3 rings (SSSR count). The molecule has 0 spiro atoms. The summed E-state index contributed by atoms with van der Waals surface area (Å²) < 4.78 is 2.50. The lowest BCUT2D eigenvalue weighted by Gasteiger charge is -2.23. The molecule has 1 aromatic heterocycles. The summed E-state index contributed by atoms with van der Waals surface area (Å²) in [5, 5.41) is 0.684. The summed E-state index contributed by atoms with van der Waals surface area (Å²) in [6.45, 7) is 3.55. The van der Waals surface area contributed by atoms with Gasteiger partial charge in [-0.1, -0.05) is 6.92 Å². The normalized spacial score (nSPS) is 30.5. The van der Waals surface area contributed by atoms with E-state index in [9.17, 15) is 0 Å². The number of aryl methyl sites for hydroxylation is 1. The number of hydrogen-bond acceptors (Lipinski definition) is 2. The molecule has 15 heavy (non-hydrogen) atoms. The van der Waals surface area contributed by atoms with Gasteiger partial charge < -0.3 is 4.57 Å². The van der Waals surface area contributed by atoms with Gasteiger partial charge in [0.1, 0.15) is 5.82 Å². The van der Waals surface area contributed by atoms with Crippen molar-refractivity contribution >= 4 is 11.8 Å². The van der Waals surface area contributed by atoms with Crippen molar-refractivity contribution in [1.82, 2.24) is 9.55 Å². The van der Waals surface area contributed by atoms with Crippen LogP contribution in [0.4, 0.5) is 0 Å². The first-order valence-electron chi connectivity index (χ1n) is 6.00. The Morgan fingerprint density at radius 3 is 3.20 bits per heavy atom. The van der Waals surface area contributed by atoms with Gasteiger partial charge in [-0.2, -0.15) is 11.8 Å². The van der Waals surface area contributed by atoms with Crippen LogP contribution in [-0.2, 0) is 13.0 Å². The van der Waals surface area contributed by atoms with Gasteiger partial charge in [0, 0.05) is 18.4 Å². The lowest BCUT2D eigenvalue weighted by Crippen LogP contribution is -2.19. The summed E-state index contributed by atoms with van der Waals surface area (Å²) in [4.78, 5) is 4.66. The maximum absolute atomic E-state index is 4.66. The molecule has 82 valence electrons. The standard InChI is InChI=1S/C12H18N2S/c1-9-4-5-10-7-13-12(14(10)8-9)11-3-2-6-15-11/h7,9,11H,2-6,8H2,1H3. The molecule has 0 amide bonds. The van der Waals surface area contributed by atoms with E-state index in [4.69, 9.17) is 0 Å². The Morgan fingerprint density at radius 1 is 1.47 bits per heavy atom. The van der Waals surface area contributed by atoms with Crippen molar-refractivity contribution in [2.45, 2.75) is 44.4 Å². The molecule has 0 saturated carbocycles. The fourth-order valence-electron chi connectivity index (χ4n) is 2.67. The summed E-state index contributed by atoms with van der Waals surface area (Å²) in [5.74, 6) is 3.51. The van der Waals surface area contributed by atoms with Crippen molar-refractivity contribution in [1.29, 1.82) is 0 Å². The van der Waals surface area contributed by atoms with Crippen molar-refractivity contribution < 1.29 is 0 Å². The number of hydrogen-bond donors (Lipinski definition) is 0. The number of nitrogens with zero attached hydrogens (tertiary/aromatic N) is 2. The average Bonchev–Trinajstić information content (AvgIpc) is 2.83. The third-order valence-corrected chi connectivity index (χ3v) is 4.95. The SMILES string of the molecule is CC1CCc2cnc(C3CCCS3)n2C1. The first-order chi connectivity index (χ1) is 7.34. The molecule has 0 aromatic carbocycles.